The molecule has 0 aliphatic rings. The molecule has 19 heavy (non-hydrogen) atoms. The molecule has 1 heterocycles. The van der Waals surface area contributed by atoms with Gasteiger partial charge >= 0.3 is 5.09 Å². The van der Waals surface area contributed by atoms with Crippen LogP contribution in [0.2, 0.25) is 0 Å². The van der Waals surface area contributed by atoms with Crippen molar-refractivity contribution in [1.82, 2.24) is 0 Å². The number of hydrogen-bond donors (Lipinski definition) is 1. The van der Waals surface area contributed by atoms with E-state index in [4.69, 9.17) is 15.3 Å². The van der Waals surface area contributed by atoms with Crippen molar-refractivity contribution in [3.05, 3.63) is 38.6 Å². The van der Waals surface area contributed by atoms with Gasteiger partial charge in [-0.3, -0.25) is 0 Å². The van der Waals surface area contributed by atoms with Gasteiger partial charge in [0.05, 0.1) is 6.26 Å². The fourth-order valence-electron chi connectivity index (χ4n) is 0.389. The van der Waals surface area contributed by atoms with E-state index in [1.54, 1.807) is 0 Å². The van der Waals surface area contributed by atoms with E-state index in [2.05, 4.69) is 9.25 Å². The summed E-state index contributed by atoms with van der Waals surface area (Å²) in [5.41, 5.74) is 0. The first-order valence-corrected chi connectivity index (χ1v) is 2.71. The summed E-state index contributed by atoms with van der Waals surface area (Å²) in [6, 6.07) is 2.85. The summed E-state index contributed by atoms with van der Waals surface area (Å²) in [6.07, 6.45) is 1.29. The van der Waals surface area contributed by atoms with Crippen LogP contribution in [0.3, 0.4) is 0 Å². The van der Waals surface area contributed by atoms with Crippen molar-refractivity contribution in [2.24, 2.45) is 0 Å². The second kappa shape index (κ2) is 24.6. The van der Waals surface area contributed by atoms with E-state index in [0.29, 0.717) is 0 Å². The smallest absolute Gasteiger partial charge is 0.302 e. The van der Waals surface area contributed by atoms with Gasteiger partial charge in [-0.2, -0.15) is 0 Å². The highest BCUT2D eigenvalue weighted by Crippen LogP contribution is 2.08. The van der Waals surface area contributed by atoms with Gasteiger partial charge in [-0.15, -0.1) is 20.2 Å². The highest BCUT2D eigenvalue weighted by atomic mass is 17.0. The molecule has 13 N–H and O–H groups in total. The first-order valence-electron chi connectivity index (χ1n) is 2.71. The molecule has 0 saturated carbocycles. The Labute approximate surface area is 103 Å². The molecule has 15 nitrogen and oxygen atoms in total. The van der Waals surface area contributed by atoms with E-state index in [1.807, 2.05) is 0 Å². The van der Waals surface area contributed by atoms with E-state index < -0.39 is 10.2 Å². The van der Waals surface area contributed by atoms with Gasteiger partial charge in [0.1, 0.15) is 0 Å². The van der Waals surface area contributed by atoms with Crippen molar-refractivity contribution in [3.63, 3.8) is 0 Å². The maximum absolute atomic E-state index is 9.59. The van der Waals surface area contributed by atoms with E-state index in [0.717, 1.165) is 0 Å². The maximum atomic E-state index is 9.59. The summed E-state index contributed by atoms with van der Waals surface area (Å²) in [7, 11) is 0. The van der Waals surface area contributed by atoms with Gasteiger partial charge in [-0.1, -0.05) is 0 Å². The number of rotatable bonds is 2. The molecule has 0 amide bonds. The molecule has 0 spiro atoms. The topological polar surface area (TPSA) is 318 Å². The van der Waals surface area contributed by atoms with Crippen LogP contribution < -0.4 is 4.84 Å². The van der Waals surface area contributed by atoms with Gasteiger partial charge in [-0.05, 0) is 6.07 Å². The quantitative estimate of drug-likeness (QED) is 0.411. The Hall–Kier alpha value is -2.56. The molecular formula is C4H16N2O13. The summed E-state index contributed by atoms with van der Waals surface area (Å²) >= 11 is 0. The Morgan fingerprint density at radius 3 is 1.63 bits per heavy atom. The lowest BCUT2D eigenvalue weighted by molar-refractivity contribution is -0.742. The lowest BCUT2D eigenvalue weighted by atomic mass is 10.7. The van der Waals surface area contributed by atoms with Crippen molar-refractivity contribution in [2.75, 3.05) is 0 Å². The largest absolute Gasteiger partial charge is 0.444 e. The van der Waals surface area contributed by atoms with E-state index in [-0.39, 0.29) is 38.8 Å². The van der Waals surface area contributed by atoms with Crippen molar-refractivity contribution >= 4 is 0 Å². The molecule has 0 aliphatic carbocycles. The second-order valence-corrected chi connectivity index (χ2v) is 1.48. The highest BCUT2D eigenvalue weighted by Gasteiger charge is 1.98. The average Bonchev–Trinajstić information content (AvgIpc) is 2.36. The predicted octanol–water partition coefficient (Wildman–Crippen LogP) is -4.45. The summed E-state index contributed by atoms with van der Waals surface area (Å²) in [5.74, 6) is -0.111. The van der Waals surface area contributed by atoms with Crippen molar-refractivity contribution in [2.45, 2.75) is 0 Å². The van der Waals surface area contributed by atoms with Crippen molar-refractivity contribution < 1.29 is 57.5 Å². The van der Waals surface area contributed by atoms with Crippen LogP contribution in [0, 0.1) is 20.2 Å². The Kier molecular flexibility index (Phi) is 56.9. The van der Waals surface area contributed by atoms with Crippen molar-refractivity contribution in [1.29, 1.82) is 0 Å². The normalized spacial score (nSPS) is 5.47. The van der Waals surface area contributed by atoms with Gasteiger partial charge in [0.25, 0.3) is 11.0 Å². The molecule has 0 bridgehead atoms. The van der Waals surface area contributed by atoms with Crippen LogP contribution in [0.25, 0.3) is 0 Å². The molecule has 1 rings (SSSR count). The zero-order valence-electron chi connectivity index (χ0n) is 9.02. The molecule has 0 aromatic carbocycles. The van der Waals surface area contributed by atoms with E-state index >= 15 is 0 Å². The first kappa shape index (κ1) is 44.0. The minimum atomic E-state index is -1.50. The molecular weight excluding hydrogens is 284 g/mol. The number of hydrogen-bond acceptors (Lipinski definition) is 6. The molecule has 0 fully saturated rings. The predicted molar refractivity (Wildman–Crippen MR) is 56.8 cm³/mol. The van der Waals surface area contributed by atoms with Gasteiger partial charge in [0, 0.05) is 6.07 Å². The fourth-order valence-corrected chi connectivity index (χ4v) is 0.389. The highest BCUT2D eigenvalue weighted by molar-refractivity contribution is 5.02. The standard InChI is InChI=1S/C4H3NO4.HNO3.6H2O/c6-5(7)9-4-2-1-3-8-4;2-1(3)4;;;;;;/h1-3H;(H,2,3,4);6*1H2. The molecule has 1 aromatic rings. The van der Waals surface area contributed by atoms with Gasteiger partial charge in [0.15, 0.2) is 0 Å². The maximum Gasteiger partial charge on any atom is 0.302 e. The Morgan fingerprint density at radius 2 is 1.42 bits per heavy atom. The third-order valence-electron chi connectivity index (χ3n) is 0.660. The Morgan fingerprint density at radius 1 is 1.05 bits per heavy atom. The number of furan rings is 1. The monoisotopic (exact) mass is 300 g/mol. The first-order chi connectivity index (χ1) is 6.02. The minimum absolute atomic E-state index is 0. The molecule has 0 radical (unpaired) electrons. The second-order valence-electron chi connectivity index (χ2n) is 1.48. The zero-order chi connectivity index (χ0) is 10.3. The number of nitrogens with zero attached hydrogens (tertiary/aromatic N) is 2. The third-order valence-corrected chi connectivity index (χ3v) is 0.660. The molecule has 0 atom stereocenters. The van der Waals surface area contributed by atoms with E-state index in [9.17, 15) is 10.1 Å². The SMILES string of the molecule is O.O.O.O.O.O.O=[N+]([O-])O.O=[N+]([O-])Oc1ccco1. The lowest BCUT2D eigenvalue weighted by Gasteiger charge is -1.86. The molecule has 15 heteroatoms. The Bertz CT molecular complexity index is 268. The average molecular weight is 300 g/mol. The van der Waals surface area contributed by atoms with Gasteiger partial charge in [-0.25, -0.2) is 4.84 Å². The molecule has 0 unspecified atom stereocenters. The van der Waals surface area contributed by atoms with Crippen LogP contribution in [0.4, 0.5) is 0 Å². The third kappa shape index (κ3) is 39.2. The van der Waals surface area contributed by atoms with Gasteiger partial charge < -0.3 is 42.5 Å². The minimum Gasteiger partial charge on any atom is -0.444 e. The van der Waals surface area contributed by atoms with Crippen LogP contribution >= 0.6 is 0 Å². The van der Waals surface area contributed by atoms with Crippen LogP contribution in [0.5, 0.6) is 5.95 Å². The summed E-state index contributed by atoms with van der Waals surface area (Å²) < 4.78 is 4.48. The lowest BCUT2D eigenvalue weighted by Crippen LogP contribution is -2.01. The van der Waals surface area contributed by atoms with Crippen LogP contribution in [-0.4, -0.2) is 48.2 Å². The summed E-state index contributed by atoms with van der Waals surface area (Å²) in [5, 5.41) is 22.3. The fraction of sp³-hybridized carbons (Fsp3) is 0. The zero-order valence-corrected chi connectivity index (χ0v) is 9.02. The molecule has 120 valence electrons. The van der Waals surface area contributed by atoms with Crippen molar-refractivity contribution in [3.8, 4) is 5.95 Å². The summed E-state index contributed by atoms with van der Waals surface area (Å²) in [6.45, 7) is 0. The molecule has 1 aromatic heterocycles. The van der Waals surface area contributed by atoms with Crippen LogP contribution in [0.15, 0.2) is 22.8 Å². The van der Waals surface area contributed by atoms with Gasteiger partial charge in [0.2, 0.25) is 0 Å². The van der Waals surface area contributed by atoms with Crippen LogP contribution in [-0.2, 0) is 0 Å². The van der Waals surface area contributed by atoms with E-state index in [1.165, 1.54) is 18.4 Å². The van der Waals surface area contributed by atoms with Crippen LogP contribution in [0.1, 0.15) is 0 Å². The molecule has 0 aliphatic heterocycles. The molecule has 0 saturated heterocycles. The summed E-state index contributed by atoms with van der Waals surface area (Å²) in [4.78, 5) is 21.9. The Balaban J connectivity index is -0.0000000264.